The third kappa shape index (κ3) is 2.40. The van der Waals surface area contributed by atoms with Crippen LogP contribution in [-0.4, -0.2) is 55.7 Å². The van der Waals surface area contributed by atoms with Gasteiger partial charge in [0.15, 0.2) is 17.0 Å². The third-order valence-corrected chi connectivity index (χ3v) is 5.57. The number of anilines is 2. The van der Waals surface area contributed by atoms with Gasteiger partial charge in [-0.15, -0.1) is 0 Å². The Morgan fingerprint density at radius 3 is 2.50 bits per heavy atom. The predicted octanol–water partition coefficient (Wildman–Crippen LogP) is 1.52. The molecule has 3 aromatic rings. The zero-order valence-electron chi connectivity index (χ0n) is 15.1. The zero-order valence-corrected chi connectivity index (χ0v) is 15.1. The summed E-state index contributed by atoms with van der Waals surface area (Å²) in [5.41, 5.74) is 2.85. The lowest BCUT2D eigenvalue weighted by Gasteiger charge is -2.22. The van der Waals surface area contributed by atoms with E-state index in [2.05, 4.69) is 46.2 Å². The molecular formula is C18H22N8. The summed E-state index contributed by atoms with van der Waals surface area (Å²) < 4.78 is 2.06. The molecule has 0 spiro atoms. The molecule has 0 radical (unpaired) electrons. The topological polar surface area (TPSA) is 75.9 Å². The number of rotatable bonds is 3. The molecule has 5 heterocycles. The lowest BCUT2D eigenvalue weighted by molar-refractivity contribution is 0.533. The van der Waals surface area contributed by atoms with E-state index in [0.717, 1.165) is 61.3 Å². The Morgan fingerprint density at radius 2 is 1.77 bits per heavy atom. The van der Waals surface area contributed by atoms with Crippen molar-refractivity contribution in [1.29, 1.82) is 0 Å². The molecule has 26 heavy (non-hydrogen) atoms. The van der Waals surface area contributed by atoms with Crippen LogP contribution in [0, 0.1) is 18.8 Å². The molecular weight excluding hydrogens is 328 g/mol. The monoisotopic (exact) mass is 350 g/mol. The molecule has 2 unspecified atom stereocenters. The first-order chi connectivity index (χ1) is 12.7. The largest absolute Gasteiger partial charge is 0.354 e. The van der Waals surface area contributed by atoms with Crippen LogP contribution in [-0.2, 0) is 6.54 Å². The third-order valence-electron chi connectivity index (χ3n) is 5.57. The summed E-state index contributed by atoms with van der Waals surface area (Å²) in [6, 6.07) is 1.94. The second-order valence-electron chi connectivity index (χ2n) is 7.23. The smallest absolute Gasteiger partial charge is 0.225 e. The summed E-state index contributed by atoms with van der Waals surface area (Å²) in [5, 5.41) is 0. The van der Waals surface area contributed by atoms with Crippen molar-refractivity contribution in [2.45, 2.75) is 20.4 Å². The Hall–Kier alpha value is -2.77. The molecule has 5 rings (SSSR count). The quantitative estimate of drug-likeness (QED) is 0.709. The van der Waals surface area contributed by atoms with Gasteiger partial charge in [-0.3, -0.25) is 0 Å². The van der Waals surface area contributed by atoms with Crippen LogP contribution >= 0.6 is 0 Å². The van der Waals surface area contributed by atoms with E-state index in [-0.39, 0.29) is 0 Å². The first kappa shape index (κ1) is 15.5. The minimum atomic E-state index is 0.609. The van der Waals surface area contributed by atoms with Gasteiger partial charge in [-0.1, -0.05) is 0 Å². The van der Waals surface area contributed by atoms with Crippen LogP contribution in [0.3, 0.4) is 0 Å². The van der Waals surface area contributed by atoms with E-state index in [0.29, 0.717) is 11.8 Å². The van der Waals surface area contributed by atoms with Gasteiger partial charge in [0.2, 0.25) is 5.95 Å². The summed E-state index contributed by atoms with van der Waals surface area (Å²) in [6.45, 7) is 8.98. The highest BCUT2D eigenvalue weighted by Crippen LogP contribution is 2.36. The van der Waals surface area contributed by atoms with Gasteiger partial charge in [-0.05, 0) is 19.9 Å². The molecule has 0 aliphatic carbocycles. The second-order valence-corrected chi connectivity index (χ2v) is 7.23. The fourth-order valence-electron chi connectivity index (χ4n) is 4.25. The molecule has 0 aromatic carbocycles. The number of fused-ring (bicyclic) bond motifs is 2. The minimum Gasteiger partial charge on any atom is -0.354 e. The second kappa shape index (κ2) is 5.89. The number of imidazole rings is 1. The Balaban J connectivity index is 1.36. The lowest BCUT2D eigenvalue weighted by atomic mass is 10.0. The first-order valence-corrected chi connectivity index (χ1v) is 9.18. The SMILES string of the molecule is CCn1cnc2c(N3CC4CN(c5nccc(C)n5)CC4C3)ncnc21. The highest BCUT2D eigenvalue weighted by Gasteiger charge is 2.41. The van der Waals surface area contributed by atoms with Gasteiger partial charge in [0.05, 0.1) is 6.33 Å². The summed E-state index contributed by atoms with van der Waals surface area (Å²) >= 11 is 0. The van der Waals surface area contributed by atoms with Crippen molar-refractivity contribution in [2.75, 3.05) is 36.0 Å². The van der Waals surface area contributed by atoms with Crippen LogP contribution in [0.25, 0.3) is 11.2 Å². The van der Waals surface area contributed by atoms with Crippen molar-refractivity contribution < 1.29 is 0 Å². The molecule has 0 amide bonds. The van der Waals surface area contributed by atoms with Gasteiger partial charge >= 0.3 is 0 Å². The average molecular weight is 350 g/mol. The fraction of sp³-hybridized carbons (Fsp3) is 0.500. The van der Waals surface area contributed by atoms with Crippen molar-refractivity contribution in [2.24, 2.45) is 11.8 Å². The lowest BCUT2D eigenvalue weighted by Crippen LogP contribution is -2.30. The minimum absolute atomic E-state index is 0.609. The van der Waals surface area contributed by atoms with Crippen molar-refractivity contribution in [1.82, 2.24) is 29.5 Å². The maximum atomic E-state index is 4.58. The molecule has 2 saturated heterocycles. The normalized spacial score (nSPS) is 22.4. The van der Waals surface area contributed by atoms with Crippen LogP contribution < -0.4 is 9.80 Å². The summed E-state index contributed by atoms with van der Waals surface area (Å²) in [5.74, 6) is 3.04. The highest BCUT2D eigenvalue weighted by atomic mass is 15.3. The van der Waals surface area contributed by atoms with E-state index < -0.39 is 0 Å². The molecule has 2 atom stereocenters. The zero-order chi connectivity index (χ0) is 17.7. The van der Waals surface area contributed by atoms with Crippen LogP contribution in [0.2, 0.25) is 0 Å². The van der Waals surface area contributed by atoms with Crippen molar-refractivity contribution in [3.63, 3.8) is 0 Å². The van der Waals surface area contributed by atoms with Crippen LogP contribution in [0.1, 0.15) is 12.6 Å². The number of nitrogens with zero attached hydrogens (tertiary/aromatic N) is 8. The van der Waals surface area contributed by atoms with E-state index in [1.54, 1.807) is 6.33 Å². The van der Waals surface area contributed by atoms with Gasteiger partial charge in [0.1, 0.15) is 6.33 Å². The van der Waals surface area contributed by atoms with Crippen molar-refractivity contribution >= 4 is 22.9 Å². The number of hydrogen-bond acceptors (Lipinski definition) is 7. The molecule has 8 nitrogen and oxygen atoms in total. The van der Waals surface area contributed by atoms with Crippen LogP contribution in [0.4, 0.5) is 11.8 Å². The van der Waals surface area contributed by atoms with Gasteiger partial charge < -0.3 is 14.4 Å². The van der Waals surface area contributed by atoms with Crippen molar-refractivity contribution in [3.8, 4) is 0 Å². The Kier molecular flexibility index (Phi) is 3.51. The van der Waals surface area contributed by atoms with Crippen molar-refractivity contribution in [3.05, 3.63) is 30.6 Å². The standard InChI is InChI=1S/C18H22N8/c1-3-24-11-22-15-16(24)20-10-21-17(15)25-6-13-8-26(9-14(13)7-25)18-19-5-4-12(2)23-18/h4-5,10-11,13-14H,3,6-9H2,1-2H3. The van der Waals surface area contributed by atoms with Crippen LogP contribution in [0.15, 0.2) is 24.9 Å². The maximum Gasteiger partial charge on any atom is 0.225 e. The average Bonchev–Trinajstić information content (AvgIpc) is 3.33. The molecule has 3 aromatic heterocycles. The highest BCUT2D eigenvalue weighted by molar-refractivity contribution is 5.83. The van der Waals surface area contributed by atoms with E-state index in [1.165, 1.54) is 0 Å². The summed E-state index contributed by atoms with van der Waals surface area (Å²) in [4.78, 5) is 27.3. The summed E-state index contributed by atoms with van der Waals surface area (Å²) in [7, 11) is 0. The maximum absolute atomic E-state index is 4.58. The number of aryl methyl sites for hydroxylation is 2. The fourth-order valence-corrected chi connectivity index (χ4v) is 4.25. The molecule has 2 aliphatic heterocycles. The molecule has 0 N–H and O–H groups in total. The predicted molar refractivity (Wildman–Crippen MR) is 99.2 cm³/mol. The van der Waals surface area contributed by atoms with E-state index >= 15 is 0 Å². The Bertz CT molecular complexity index is 937. The molecule has 134 valence electrons. The van der Waals surface area contributed by atoms with Gasteiger partial charge in [-0.2, -0.15) is 0 Å². The van der Waals surface area contributed by atoms with E-state index in [4.69, 9.17) is 0 Å². The van der Waals surface area contributed by atoms with E-state index in [9.17, 15) is 0 Å². The van der Waals surface area contributed by atoms with Gasteiger partial charge in [-0.25, -0.2) is 24.9 Å². The molecule has 0 saturated carbocycles. The molecule has 2 aliphatic rings. The number of aromatic nitrogens is 6. The molecule has 2 fully saturated rings. The van der Waals surface area contributed by atoms with Gasteiger partial charge in [0.25, 0.3) is 0 Å². The molecule has 8 heteroatoms. The van der Waals surface area contributed by atoms with E-state index in [1.807, 2.05) is 25.5 Å². The Morgan fingerprint density at radius 1 is 1.00 bits per heavy atom. The number of hydrogen-bond donors (Lipinski definition) is 0. The van der Waals surface area contributed by atoms with Gasteiger partial charge in [0, 0.05) is 56.5 Å². The molecule has 0 bridgehead atoms. The Labute approximate surface area is 151 Å². The first-order valence-electron chi connectivity index (χ1n) is 9.18. The summed E-state index contributed by atoms with van der Waals surface area (Å²) in [6.07, 6.45) is 5.36. The van der Waals surface area contributed by atoms with Crippen LogP contribution in [0.5, 0.6) is 0 Å².